The standard InChI is InChI=1S/C15H23N5.HI/c1-4-7-18-15(17-5-2)19-9-6-13(3)14(11-19)20-10-8-16-12-20;/h1,8,10,12-14H,5-7,9,11H2,2-3H3,(H,17,18);1H. The molecular formula is C15H24IN5. The summed E-state index contributed by atoms with van der Waals surface area (Å²) in [5.74, 6) is 4.13. The van der Waals surface area contributed by atoms with Gasteiger partial charge in [0.05, 0.1) is 12.4 Å². The number of nitrogens with one attached hydrogen (secondary N) is 1. The molecule has 1 aliphatic rings. The summed E-state index contributed by atoms with van der Waals surface area (Å²) in [7, 11) is 0. The van der Waals surface area contributed by atoms with E-state index < -0.39 is 0 Å². The molecule has 1 fully saturated rings. The molecule has 0 amide bonds. The van der Waals surface area contributed by atoms with Crippen LogP contribution in [0.4, 0.5) is 0 Å². The fraction of sp³-hybridized carbons (Fsp3) is 0.600. The number of piperidine rings is 1. The van der Waals surface area contributed by atoms with Gasteiger partial charge in [-0.15, -0.1) is 30.4 Å². The fourth-order valence-electron chi connectivity index (χ4n) is 2.64. The predicted molar refractivity (Wildman–Crippen MR) is 96.8 cm³/mol. The van der Waals surface area contributed by atoms with Crippen LogP contribution in [-0.4, -0.2) is 46.6 Å². The minimum absolute atomic E-state index is 0. The Labute approximate surface area is 144 Å². The van der Waals surface area contributed by atoms with Gasteiger partial charge in [-0.25, -0.2) is 9.98 Å². The van der Waals surface area contributed by atoms with Gasteiger partial charge in [0, 0.05) is 32.0 Å². The Morgan fingerprint density at radius 2 is 2.38 bits per heavy atom. The van der Waals surface area contributed by atoms with Crippen LogP contribution in [0.5, 0.6) is 0 Å². The van der Waals surface area contributed by atoms with Crippen LogP contribution in [0.15, 0.2) is 23.7 Å². The molecule has 2 atom stereocenters. The van der Waals surface area contributed by atoms with Crippen molar-refractivity contribution in [1.29, 1.82) is 0 Å². The summed E-state index contributed by atoms with van der Waals surface area (Å²) < 4.78 is 2.20. The van der Waals surface area contributed by atoms with Gasteiger partial charge in [0.2, 0.25) is 0 Å². The molecule has 6 heteroatoms. The molecule has 2 rings (SSSR count). The summed E-state index contributed by atoms with van der Waals surface area (Å²) in [6.07, 6.45) is 12.2. The van der Waals surface area contributed by atoms with Gasteiger partial charge in [0.15, 0.2) is 5.96 Å². The summed E-state index contributed by atoms with van der Waals surface area (Å²) in [5.41, 5.74) is 0. The number of imidazole rings is 1. The summed E-state index contributed by atoms with van der Waals surface area (Å²) in [6, 6.07) is 0.431. The van der Waals surface area contributed by atoms with Crippen LogP contribution >= 0.6 is 24.0 Å². The number of hydrogen-bond donors (Lipinski definition) is 1. The monoisotopic (exact) mass is 401 g/mol. The summed E-state index contributed by atoms with van der Waals surface area (Å²) >= 11 is 0. The number of terminal acetylenes is 1. The molecule has 21 heavy (non-hydrogen) atoms. The van der Waals surface area contributed by atoms with Crippen molar-refractivity contribution in [3.8, 4) is 12.3 Å². The molecule has 2 heterocycles. The van der Waals surface area contributed by atoms with E-state index in [1.54, 1.807) is 0 Å². The van der Waals surface area contributed by atoms with Crippen molar-refractivity contribution in [2.24, 2.45) is 10.9 Å². The fourth-order valence-corrected chi connectivity index (χ4v) is 2.64. The lowest BCUT2D eigenvalue weighted by Gasteiger charge is -2.39. The topological polar surface area (TPSA) is 45.5 Å². The first-order chi connectivity index (χ1) is 9.76. The van der Waals surface area contributed by atoms with E-state index in [0.717, 1.165) is 32.0 Å². The zero-order chi connectivity index (χ0) is 14.4. The maximum Gasteiger partial charge on any atom is 0.194 e. The maximum atomic E-state index is 5.31. The zero-order valence-corrected chi connectivity index (χ0v) is 15.0. The Morgan fingerprint density at radius 3 is 3.00 bits per heavy atom. The Bertz CT molecular complexity index is 477. The molecule has 0 aromatic carbocycles. The highest BCUT2D eigenvalue weighted by Gasteiger charge is 2.28. The van der Waals surface area contributed by atoms with Crippen molar-refractivity contribution in [3.63, 3.8) is 0 Å². The highest BCUT2D eigenvalue weighted by Crippen LogP contribution is 2.27. The molecule has 1 aromatic rings. The van der Waals surface area contributed by atoms with Crippen molar-refractivity contribution in [2.45, 2.75) is 26.3 Å². The number of rotatable bonds is 3. The molecule has 116 valence electrons. The van der Waals surface area contributed by atoms with Crippen molar-refractivity contribution in [1.82, 2.24) is 19.8 Å². The quantitative estimate of drug-likeness (QED) is 0.365. The van der Waals surface area contributed by atoms with Crippen molar-refractivity contribution < 1.29 is 0 Å². The van der Waals surface area contributed by atoms with Crippen LogP contribution in [0.3, 0.4) is 0 Å². The van der Waals surface area contributed by atoms with Gasteiger partial charge < -0.3 is 14.8 Å². The molecule has 0 bridgehead atoms. The SMILES string of the molecule is C#CCN=C(NCC)N1CCC(C)C(n2ccnc2)C1.I. The number of aromatic nitrogens is 2. The van der Waals surface area contributed by atoms with Gasteiger partial charge in [-0.3, -0.25) is 0 Å². The van der Waals surface area contributed by atoms with Crippen LogP contribution in [0.25, 0.3) is 0 Å². The molecule has 1 saturated heterocycles. The van der Waals surface area contributed by atoms with Crippen molar-refractivity contribution in [2.75, 3.05) is 26.2 Å². The normalized spacial score (nSPS) is 22.3. The highest BCUT2D eigenvalue weighted by molar-refractivity contribution is 14.0. The van der Waals surface area contributed by atoms with Gasteiger partial charge in [-0.2, -0.15) is 0 Å². The van der Waals surface area contributed by atoms with Gasteiger partial charge >= 0.3 is 0 Å². The van der Waals surface area contributed by atoms with E-state index in [2.05, 4.69) is 44.5 Å². The lowest BCUT2D eigenvalue weighted by atomic mass is 9.93. The number of hydrogen-bond acceptors (Lipinski definition) is 2. The van der Waals surface area contributed by atoms with Crippen LogP contribution in [0.2, 0.25) is 0 Å². The third-order valence-corrected chi connectivity index (χ3v) is 3.78. The Kier molecular flexibility index (Phi) is 7.57. The van der Waals surface area contributed by atoms with Gasteiger partial charge in [-0.05, 0) is 19.3 Å². The van der Waals surface area contributed by atoms with E-state index in [1.165, 1.54) is 0 Å². The number of guanidine groups is 1. The predicted octanol–water partition coefficient (Wildman–Crippen LogP) is 1.98. The third kappa shape index (κ3) is 4.63. The average molecular weight is 401 g/mol. The first-order valence-electron chi connectivity index (χ1n) is 7.20. The minimum Gasteiger partial charge on any atom is -0.356 e. The lowest BCUT2D eigenvalue weighted by Crippen LogP contribution is -2.49. The van der Waals surface area contributed by atoms with E-state index in [-0.39, 0.29) is 24.0 Å². The van der Waals surface area contributed by atoms with E-state index in [4.69, 9.17) is 6.42 Å². The van der Waals surface area contributed by atoms with E-state index in [0.29, 0.717) is 18.5 Å². The summed E-state index contributed by atoms with van der Waals surface area (Å²) in [4.78, 5) is 10.9. The summed E-state index contributed by atoms with van der Waals surface area (Å²) in [6.45, 7) is 7.60. The van der Waals surface area contributed by atoms with Crippen molar-refractivity contribution >= 4 is 29.9 Å². The first-order valence-corrected chi connectivity index (χ1v) is 7.20. The number of aliphatic imine (C=N–C) groups is 1. The van der Waals surface area contributed by atoms with Crippen molar-refractivity contribution in [3.05, 3.63) is 18.7 Å². The van der Waals surface area contributed by atoms with Gasteiger partial charge in [-0.1, -0.05) is 12.8 Å². The molecule has 0 saturated carbocycles. The number of likely N-dealkylation sites (tertiary alicyclic amines) is 1. The van der Waals surface area contributed by atoms with Crippen LogP contribution in [0, 0.1) is 18.3 Å². The van der Waals surface area contributed by atoms with Crippen LogP contribution in [0.1, 0.15) is 26.3 Å². The van der Waals surface area contributed by atoms with Gasteiger partial charge in [0.25, 0.3) is 0 Å². The summed E-state index contributed by atoms with van der Waals surface area (Å²) in [5, 5.41) is 3.32. The van der Waals surface area contributed by atoms with Crippen LogP contribution in [-0.2, 0) is 0 Å². The second-order valence-corrected chi connectivity index (χ2v) is 5.16. The first kappa shape index (κ1) is 17.8. The van der Waals surface area contributed by atoms with E-state index in [1.807, 2.05) is 18.7 Å². The molecule has 1 N–H and O–H groups in total. The van der Waals surface area contributed by atoms with Crippen LogP contribution < -0.4 is 5.32 Å². The Hall–Kier alpha value is -1.23. The largest absolute Gasteiger partial charge is 0.356 e. The highest BCUT2D eigenvalue weighted by atomic mass is 127. The van der Waals surface area contributed by atoms with E-state index in [9.17, 15) is 0 Å². The molecule has 5 nitrogen and oxygen atoms in total. The molecule has 0 radical (unpaired) electrons. The molecule has 1 aromatic heterocycles. The average Bonchev–Trinajstić information content (AvgIpc) is 2.98. The maximum absolute atomic E-state index is 5.31. The third-order valence-electron chi connectivity index (χ3n) is 3.78. The number of halogens is 1. The zero-order valence-electron chi connectivity index (χ0n) is 12.7. The Balaban J connectivity index is 0.00000220. The second kappa shape index (κ2) is 8.93. The lowest BCUT2D eigenvalue weighted by molar-refractivity contribution is 0.189. The minimum atomic E-state index is 0. The molecule has 2 unspecified atom stereocenters. The second-order valence-electron chi connectivity index (χ2n) is 5.16. The van der Waals surface area contributed by atoms with Gasteiger partial charge in [0.1, 0.15) is 6.54 Å². The smallest absolute Gasteiger partial charge is 0.194 e. The van der Waals surface area contributed by atoms with E-state index >= 15 is 0 Å². The molecule has 1 aliphatic heterocycles. The molecule has 0 spiro atoms. The molecule has 0 aliphatic carbocycles. The number of nitrogens with zero attached hydrogens (tertiary/aromatic N) is 4. The molecular weight excluding hydrogens is 377 g/mol. The Morgan fingerprint density at radius 1 is 1.57 bits per heavy atom.